The van der Waals surface area contributed by atoms with Crippen LogP contribution in [0.5, 0.6) is 5.75 Å². The van der Waals surface area contributed by atoms with Crippen molar-refractivity contribution in [1.82, 2.24) is 14.9 Å². The maximum Gasteiger partial charge on any atom is 0.233 e. The number of rotatable bonds is 9. The molecule has 0 spiro atoms. The number of carbonyl (C=O) groups excluding carboxylic acids is 1. The molecule has 0 bridgehead atoms. The summed E-state index contributed by atoms with van der Waals surface area (Å²) in [4.78, 5) is 17.6. The second-order valence-corrected chi connectivity index (χ2v) is 9.36. The molecule has 2 aromatic carbocycles. The number of benzene rings is 2. The quantitative estimate of drug-likeness (QED) is 0.326. The number of nitrogens with one attached hydrogen (secondary N) is 1. The minimum Gasteiger partial charge on any atom is -0.494 e. The molecule has 1 amide bonds. The zero-order valence-corrected chi connectivity index (χ0v) is 19.7. The molecule has 0 saturated carbocycles. The van der Waals surface area contributed by atoms with E-state index in [1.807, 2.05) is 56.3 Å². The van der Waals surface area contributed by atoms with Gasteiger partial charge in [0.1, 0.15) is 5.75 Å². The Kier molecular flexibility index (Phi) is 7.53. The van der Waals surface area contributed by atoms with E-state index in [1.165, 1.54) is 43.0 Å². The zero-order valence-electron chi connectivity index (χ0n) is 18.8. The average molecular weight is 450 g/mol. The Morgan fingerprint density at radius 3 is 2.75 bits per heavy atom. The highest BCUT2D eigenvalue weighted by Gasteiger charge is 2.20. The molecular formula is C26H31N3O2S. The number of fused-ring (bicyclic) bond motifs is 1. The third-order valence-corrected chi connectivity index (χ3v) is 6.77. The second-order valence-electron chi connectivity index (χ2n) is 8.05. The maximum atomic E-state index is 12.8. The van der Waals surface area contributed by atoms with Crippen molar-refractivity contribution in [1.29, 1.82) is 0 Å². The van der Waals surface area contributed by atoms with Gasteiger partial charge < -0.3 is 10.1 Å². The standard InChI is InChI=1S/C26H31N3O2S/c1-3-31-22-15-13-21(14-16-22)29-24-12-8-7-11-23(24)28-26(29)32-19(2)25(30)27-18-17-20-9-5-4-6-10-20/h7-9,11-16,19H,3-6,10,17-18H2,1-2H3,(H,27,30). The molecule has 0 radical (unpaired) electrons. The van der Waals surface area contributed by atoms with Crippen molar-refractivity contribution < 1.29 is 9.53 Å². The molecule has 4 rings (SSSR count). The highest BCUT2D eigenvalue weighted by atomic mass is 32.2. The molecule has 1 N–H and O–H groups in total. The number of para-hydroxylation sites is 2. The number of carbonyl (C=O) groups is 1. The highest BCUT2D eigenvalue weighted by Crippen LogP contribution is 2.31. The first-order valence-corrected chi connectivity index (χ1v) is 12.4. The van der Waals surface area contributed by atoms with Crippen LogP contribution in [0.2, 0.25) is 0 Å². The second kappa shape index (κ2) is 10.7. The van der Waals surface area contributed by atoms with Crippen LogP contribution in [0.15, 0.2) is 65.3 Å². The van der Waals surface area contributed by atoms with Crippen LogP contribution < -0.4 is 10.1 Å². The molecular weight excluding hydrogens is 418 g/mol. The summed E-state index contributed by atoms with van der Waals surface area (Å²) in [6, 6.07) is 16.1. The van der Waals surface area contributed by atoms with E-state index >= 15 is 0 Å². The lowest BCUT2D eigenvalue weighted by atomic mass is 9.97. The van der Waals surface area contributed by atoms with Crippen LogP contribution in [-0.4, -0.2) is 33.9 Å². The number of thioether (sulfide) groups is 1. The number of hydrogen-bond acceptors (Lipinski definition) is 4. The van der Waals surface area contributed by atoms with Gasteiger partial charge in [-0.15, -0.1) is 0 Å². The largest absolute Gasteiger partial charge is 0.494 e. The lowest BCUT2D eigenvalue weighted by Gasteiger charge is -2.15. The molecule has 0 fully saturated rings. The van der Waals surface area contributed by atoms with Crippen LogP contribution in [0, 0.1) is 0 Å². The van der Waals surface area contributed by atoms with Crippen molar-refractivity contribution in [3.8, 4) is 11.4 Å². The van der Waals surface area contributed by atoms with Crippen LogP contribution in [0.4, 0.5) is 0 Å². The molecule has 168 valence electrons. The Balaban J connectivity index is 1.48. The number of imidazole rings is 1. The van der Waals surface area contributed by atoms with Gasteiger partial charge in [-0.2, -0.15) is 0 Å². The van der Waals surface area contributed by atoms with Crippen LogP contribution in [0.3, 0.4) is 0 Å². The number of amides is 1. The lowest BCUT2D eigenvalue weighted by Crippen LogP contribution is -2.32. The van der Waals surface area contributed by atoms with E-state index in [0.29, 0.717) is 13.2 Å². The smallest absolute Gasteiger partial charge is 0.233 e. The summed E-state index contributed by atoms with van der Waals surface area (Å²) in [5.41, 5.74) is 4.42. The summed E-state index contributed by atoms with van der Waals surface area (Å²) in [5, 5.41) is 3.68. The topological polar surface area (TPSA) is 56.1 Å². The SMILES string of the molecule is CCOc1ccc(-n2c(SC(C)C(=O)NCCC3=CCCCC3)nc3ccccc32)cc1. The number of ether oxygens (including phenoxy) is 1. The van der Waals surface area contributed by atoms with Gasteiger partial charge in [-0.1, -0.05) is 35.5 Å². The van der Waals surface area contributed by atoms with E-state index in [4.69, 9.17) is 9.72 Å². The molecule has 1 aromatic heterocycles. The minimum absolute atomic E-state index is 0.0525. The molecule has 1 heterocycles. The summed E-state index contributed by atoms with van der Waals surface area (Å²) in [6.45, 7) is 5.26. The molecule has 1 atom stereocenters. The van der Waals surface area contributed by atoms with Crippen molar-refractivity contribution in [2.45, 2.75) is 56.4 Å². The molecule has 3 aromatic rings. The van der Waals surface area contributed by atoms with Crippen molar-refractivity contribution in [3.63, 3.8) is 0 Å². The Bertz CT molecular complexity index is 1090. The Hall–Kier alpha value is -2.73. The van der Waals surface area contributed by atoms with Gasteiger partial charge in [0, 0.05) is 12.2 Å². The van der Waals surface area contributed by atoms with E-state index in [2.05, 4.69) is 22.0 Å². The first-order valence-electron chi connectivity index (χ1n) is 11.5. The number of hydrogen-bond donors (Lipinski definition) is 1. The third kappa shape index (κ3) is 5.36. The Morgan fingerprint density at radius 1 is 1.19 bits per heavy atom. The fourth-order valence-electron chi connectivity index (χ4n) is 4.02. The molecule has 5 nitrogen and oxygen atoms in total. The summed E-state index contributed by atoms with van der Waals surface area (Å²) < 4.78 is 7.70. The molecule has 1 unspecified atom stereocenters. The van der Waals surface area contributed by atoms with E-state index in [0.717, 1.165) is 34.0 Å². The molecule has 0 saturated heterocycles. The van der Waals surface area contributed by atoms with E-state index in [-0.39, 0.29) is 11.2 Å². The number of nitrogens with zero attached hydrogens (tertiary/aromatic N) is 2. The normalized spacial score (nSPS) is 14.8. The molecule has 6 heteroatoms. The Labute approximate surface area is 194 Å². The number of aromatic nitrogens is 2. The van der Waals surface area contributed by atoms with E-state index in [1.54, 1.807) is 0 Å². The molecule has 1 aliphatic carbocycles. The van der Waals surface area contributed by atoms with Gasteiger partial charge >= 0.3 is 0 Å². The van der Waals surface area contributed by atoms with Crippen molar-refractivity contribution in [2.24, 2.45) is 0 Å². The minimum atomic E-state index is -0.242. The van der Waals surface area contributed by atoms with Gasteiger partial charge in [-0.25, -0.2) is 4.98 Å². The van der Waals surface area contributed by atoms with Crippen molar-refractivity contribution in [2.75, 3.05) is 13.2 Å². The van der Waals surface area contributed by atoms with Gasteiger partial charge in [0.05, 0.1) is 22.9 Å². The predicted octanol–water partition coefficient (Wildman–Crippen LogP) is 5.91. The van der Waals surface area contributed by atoms with Gasteiger partial charge in [0.2, 0.25) is 5.91 Å². The van der Waals surface area contributed by atoms with Crippen LogP contribution in [0.1, 0.15) is 46.0 Å². The van der Waals surface area contributed by atoms with Crippen molar-refractivity contribution >= 4 is 28.7 Å². The van der Waals surface area contributed by atoms with E-state index < -0.39 is 0 Å². The van der Waals surface area contributed by atoms with Gasteiger partial charge in [0.15, 0.2) is 5.16 Å². The molecule has 0 aliphatic heterocycles. The lowest BCUT2D eigenvalue weighted by molar-refractivity contribution is -0.120. The fourth-order valence-corrected chi connectivity index (χ4v) is 4.99. The highest BCUT2D eigenvalue weighted by molar-refractivity contribution is 8.00. The summed E-state index contributed by atoms with van der Waals surface area (Å²) in [5.74, 6) is 0.896. The van der Waals surface area contributed by atoms with Crippen LogP contribution in [-0.2, 0) is 4.79 Å². The zero-order chi connectivity index (χ0) is 22.3. The molecule has 32 heavy (non-hydrogen) atoms. The van der Waals surface area contributed by atoms with Gasteiger partial charge in [-0.3, -0.25) is 9.36 Å². The monoisotopic (exact) mass is 449 g/mol. The van der Waals surface area contributed by atoms with Gasteiger partial charge in [0.25, 0.3) is 0 Å². The molecule has 1 aliphatic rings. The predicted molar refractivity (Wildman–Crippen MR) is 132 cm³/mol. The summed E-state index contributed by atoms with van der Waals surface area (Å²) in [6.07, 6.45) is 8.21. The average Bonchev–Trinajstić information content (AvgIpc) is 3.18. The van der Waals surface area contributed by atoms with Crippen molar-refractivity contribution in [3.05, 3.63) is 60.2 Å². The fraction of sp³-hybridized carbons (Fsp3) is 0.385. The summed E-state index contributed by atoms with van der Waals surface area (Å²) in [7, 11) is 0. The first-order chi connectivity index (χ1) is 15.7. The third-order valence-electron chi connectivity index (χ3n) is 5.72. The van der Waals surface area contributed by atoms with E-state index in [9.17, 15) is 4.79 Å². The summed E-state index contributed by atoms with van der Waals surface area (Å²) >= 11 is 1.49. The first kappa shape index (κ1) is 22.5. The van der Waals surface area contributed by atoms with Crippen LogP contribution in [0.25, 0.3) is 16.7 Å². The maximum absolute atomic E-state index is 12.8. The Morgan fingerprint density at radius 2 is 2.00 bits per heavy atom. The van der Waals surface area contributed by atoms with Gasteiger partial charge in [-0.05, 0) is 82.3 Å². The van der Waals surface area contributed by atoms with Crippen LogP contribution >= 0.6 is 11.8 Å². The number of allylic oxidation sites excluding steroid dienone is 1.